The SMILES string of the molecule is COc1ccc([C@@H](C)CC(=O)NC(C)C)cc1. The van der Waals surface area contributed by atoms with Gasteiger partial charge in [-0.15, -0.1) is 0 Å². The van der Waals surface area contributed by atoms with Crippen LogP contribution in [0.4, 0.5) is 0 Å². The molecule has 1 N–H and O–H groups in total. The highest BCUT2D eigenvalue weighted by Gasteiger charge is 2.11. The first kappa shape index (κ1) is 13.6. The third-order valence-corrected chi connectivity index (χ3v) is 2.63. The van der Waals surface area contributed by atoms with Crippen LogP contribution in [0, 0.1) is 0 Å². The largest absolute Gasteiger partial charge is 0.497 e. The van der Waals surface area contributed by atoms with E-state index in [0.717, 1.165) is 11.3 Å². The Hall–Kier alpha value is -1.51. The van der Waals surface area contributed by atoms with Gasteiger partial charge in [0.1, 0.15) is 5.75 Å². The van der Waals surface area contributed by atoms with Crippen molar-refractivity contribution >= 4 is 5.91 Å². The zero-order chi connectivity index (χ0) is 12.8. The van der Waals surface area contributed by atoms with Gasteiger partial charge in [0.2, 0.25) is 5.91 Å². The van der Waals surface area contributed by atoms with Crippen LogP contribution in [-0.2, 0) is 4.79 Å². The van der Waals surface area contributed by atoms with E-state index >= 15 is 0 Å². The van der Waals surface area contributed by atoms with Crippen LogP contribution in [0.3, 0.4) is 0 Å². The molecule has 0 aromatic heterocycles. The molecule has 0 aliphatic rings. The average Bonchev–Trinajstić information content (AvgIpc) is 2.28. The number of amides is 1. The predicted octanol–water partition coefficient (Wildman–Crippen LogP) is 2.71. The highest BCUT2D eigenvalue weighted by Crippen LogP contribution is 2.21. The summed E-state index contributed by atoms with van der Waals surface area (Å²) in [6.45, 7) is 5.99. The highest BCUT2D eigenvalue weighted by atomic mass is 16.5. The van der Waals surface area contributed by atoms with Crippen LogP contribution in [0.15, 0.2) is 24.3 Å². The van der Waals surface area contributed by atoms with Gasteiger partial charge in [-0.2, -0.15) is 0 Å². The molecule has 3 heteroatoms. The van der Waals surface area contributed by atoms with E-state index in [-0.39, 0.29) is 17.9 Å². The number of hydrogen-bond donors (Lipinski definition) is 1. The van der Waals surface area contributed by atoms with Gasteiger partial charge in [0, 0.05) is 12.5 Å². The molecule has 0 spiro atoms. The van der Waals surface area contributed by atoms with Crippen molar-refractivity contribution in [2.24, 2.45) is 0 Å². The molecule has 1 rings (SSSR count). The van der Waals surface area contributed by atoms with E-state index in [0.29, 0.717) is 6.42 Å². The van der Waals surface area contributed by atoms with Crippen molar-refractivity contribution in [1.29, 1.82) is 0 Å². The van der Waals surface area contributed by atoms with Gasteiger partial charge in [0.25, 0.3) is 0 Å². The minimum atomic E-state index is 0.100. The summed E-state index contributed by atoms with van der Waals surface area (Å²) >= 11 is 0. The van der Waals surface area contributed by atoms with E-state index < -0.39 is 0 Å². The summed E-state index contributed by atoms with van der Waals surface area (Å²) in [6, 6.07) is 8.06. The Morgan fingerprint density at radius 1 is 1.24 bits per heavy atom. The molecule has 0 heterocycles. The first-order chi connectivity index (χ1) is 8.02. The number of ether oxygens (including phenoxy) is 1. The maximum atomic E-state index is 11.6. The fourth-order valence-electron chi connectivity index (χ4n) is 1.71. The molecule has 0 radical (unpaired) electrons. The van der Waals surface area contributed by atoms with E-state index in [1.54, 1.807) is 7.11 Å². The maximum absolute atomic E-state index is 11.6. The fraction of sp³-hybridized carbons (Fsp3) is 0.500. The summed E-state index contributed by atoms with van der Waals surface area (Å²) in [5.41, 5.74) is 1.16. The minimum absolute atomic E-state index is 0.100. The topological polar surface area (TPSA) is 38.3 Å². The molecule has 0 unspecified atom stereocenters. The molecule has 17 heavy (non-hydrogen) atoms. The molecule has 0 aliphatic heterocycles. The Morgan fingerprint density at radius 3 is 2.29 bits per heavy atom. The maximum Gasteiger partial charge on any atom is 0.220 e. The minimum Gasteiger partial charge on any atom is -0.497 e. The lowest BCUT2D eigenvalue weighted by atomic mass is 9.97. The van der Waals surface area contributed by atoms with Gasteiger partial charge in [0.15, 0.2) is 0 Å². The van der Waals surface area contributed by atoms with Crippen molar-refractivity contribution in [3.63, 3.8) is 0 Å². The van der Waals surface area contributed by atoms with E-state index in [2.05, 4.69) is 12.2 Å². The van der Waals surface area contributed by atoms with Gasteiger partial charge in [-0.1, -0.05) is 19.1 Å². The van der Waals surface area contributed by atoms with Gasteiger partial charge in [-0.25, -0.2) is 0 Å². The van der Waals surface area contributed by atoms with Crippen LogP contribution < -0.4 is 10.1 Å². The van der Waals surface area contributed by atoms with Crippen LogP contribution in [-0.4, -0.2) is 19.1 Å². The van der Waals surface area contributed by atoms with Gasteiger partial charge < -0.3 is 10.1 Å². The van der Waals surface area contributed by atoms with Crippen LogP contribution in [0.2, 0.25) is 0 Å². The first-order valence-electron chi connectivity index (χ1n) is 5.96. The number of carbonyl (C=O) groups is 1. The Bertz CT molecular complexity index is 357. The van der Waals surface area contributed by atoms with Crippen LogP contribution >= 0.6 is 0 Å². The second kappa shape index (κ2) is 6.28. The number of hydrogen-bond acceptors (Lipinski definition) is 2. The van der Waals surface area contributed by atoms with Crippen LogP contribution in [0.5, 0.6) is 5.75 Å². The van der Waals surface area contributed by atoms with Crippen molar-refractivity contribution in [2.75, 3.05) is 7.11 Å². The first-order valence-corrected chi connectivity index (χ1v) is 5.96. The molecule has 0 fully saturated rings. The lowest BCUT2D eigenvalue weighted by molar-refractivity contribution is -0.121. The molecule has 1 aromatic carbocycles. The molecule has 94 valence electrons. The van der Waals surface area contributed by atoms with Gasteiger partial charge >= 0.3 is 0 Å². The van der Waals surface area contributed by atoms with Gasteiger partial charge in [-0.3, -0.25) is 4.79 Å². The van der Waals surface area contributed by atoms with Crippen molar-refractivity contribution in [3.05, 3.63) is 29.8 Å². The summed E-state index contributed by atoms with van der Waals surface area (Å²) in [4.78, 5) is 11.6. The zero-order valence-electron chi connectivity index (χ0n) is 11.0. The molecule has 1 amide bonds. The molecular formula is C14H21NO2. The highest BCUT2D eigenvalue weighted by molar-refractivity contribution is 5.77. The van der Waals surface area contributed by atoms with Crippen LogP contribution in [0.1, 0.15) is 38.7 Å². The monoisotopic (exact) mass is 235 g/mol. The number of methoxy groups -OCH3 is 1. The Kier molecular flexibility index (Phi) is 5.01. The summed E-state index contributed by atoms with van der Waals surface area (Å²) < 4.78 is 5.10. The second-order valence-electron chi connectivity index (χ2n) is 4.60. The number of rotatable bonds is 5. The lowest BCUT2D eigenvalue weighted by Gasteiger charge is -2.14. The fourth-order valence-corrected chi connectivity index (χ4v) is 1.71. The molecule has 3 nitrogen and oxygen atoms in total. The number of carbonyl (C=O) groups excluding carboxylic acids is 1. The predicted molar refractivity (Wildman–Crippen MR) is 69.3 cm³/mol. The standard InChI is InChI=1S/C14H21NO2/c1-10(2)15-14(16)9-11(3)12-5-7-13(17-4)8-6-12/h5-8,10-11H,9H2,1-4H3,(H,15,16)/t11-/m0/s1. The zero-order valence-corrected chi connectivity index (χ0v) is 11.0. The Morgan fingerprint density at radius 2 is 1.82 bits per heavy atom. The molecule has 0 bridgehead atoms. The van der Waals surface area contributed by atoms with Crippen molar-refractivity contribution in [2.45, 2.75) is 39.2 Å². The van der Waals surface area contributed by atoms with E-state index in [1.807, 2.05) is 38.1 Å². The van der Waals surface area contributed by atoms with Crippen molar-refractivity contribution in [3.8, 4) is 5.75 Å². The quantitative estimate of drug-likeness (QED) is 0.852. The average molecular weight is 235 g/mol. The number of benzene rings is 1. The normalized spacial score (nSPS) is 12.3. The van der Waals surface area contributed by atoms with Crippen molar-refractivity contribution in [1.82, 2.24) is 5.32 Å². The van der Waals surface area contributed by atoms with Gasteiger partial charge in [-0.05, 0) is 37.5 Å². The van der Waals surface area contributed by atoms with E-state index in [9.17, 15) is 4.79 Å². The van der Waals surface area contributed by atoms with Gasteiger partial charge in [0.05, 0.1) is 7.11 Å². The molecule has 1 atom stereocenters. The second-order valence-corrected chi connectivity index (χ2v) is 4.60. The van der Waals surface area contributed by atoms with E-state index in [4.69, 9.17) is 4.74 Å². The molecule has 1 aromatic rings. The summed E-state index contributed by atoms with van der Waals surface area (Å²) in [6.07, 6.45) is 0.518. The third kappa shape index (κ3) is 4.47. The molecular weight excluding hydrogens is 214 g/mol. The lowest BCUT2D eigenvalue weighted by Crippen LogP contribution is -2.30. The smallest absolute Gasteiger partial charge is 0.220 e. The van der Waals surface area contributed by atoms with Crippen LogP contribution in [0.25, 0.3) is 0 Å². The third-order valence-electron chi connectivity index (χ3n) is 2.63. The number of nitrogens with one attached hydrogen (secondary N) is 1. The Balaban J connectivity index is 2.56. The Labute approximate surface area is 103 Å². The van der Waals surface area contributed by atoms with Crippen molar-refractivity contribution < 1.29 is 9.53 Å². The molecule has 0 saturated carbocycles. The molecule has 0 aliphatic carbocycles. The summed E-state index contributed by atoms with van der Waals surface area (Å²) in [7, 11) is 1.65. The molecule has 0 saturated heterocycles. The van der Waals surface area contributed by atoms with E-state index in [1.165, 1.54) is 0 Å². The summed E-state index contributed by atoms with van der Waals surface area (Å²) in [5.74, 6) is 1.16. The summed E-state index contributed by atoms with van der Waals surface area (Å²) in [5, 5.41) is 2.90.